The minimum atomic E-state index is -2.52. The largest absolute Gasteiger partial charge is 0.387 e. The van der Waals surface area contributed by atoms with E-state index in [0.29, 0.717) is 23.4 Å². The first kappa shape index (κ1) is 24.5. The van der Waals surface area contributed by atoms with Crippen molar-refractivity contribution in [3.63, 3.8) is 0 Å². The Morgan fingerprint density at radius 1 is 1.00 bits per heavy atom. The molecule has 0 aromatic heterocycles. The van der Waals surface area contributed by atoms with Gasteiger partial charge in [-0.05, 0) is 65.2 Å². The second-order valence-corrected chi connectivity index (χ2v) is 11.3. The standard InChI is InChI=1S/C26H29ClF2O4S/c1-34-24-22(32)20(30)21(31)23(33-24)15-4-7-19(27)16(11-15)10-14-2-5-17(6-3-14)25-8-9-26(28,29)13-18(25)12-25/h2-7,11,18,20-24,30-32H,8-10,12-13H2,1H3/t18?,20-,21-,22+,23+,24-,25?/m1/s1. The smallest absolute Gasteiger partial charge is 0.248 e. The van der Waals surface area contributed by atoms with Crippen molar-refractivity contribution in [3.05, 3.63) is 69.7 Å². The van der Waals surface area contributed by atoms with Crippen LogP contribution in [-0.4, -0.2) is 51.2 Å². The summed E-state index contributed by atoms with van der Waals surface area (Å²) in [6, 6.07) is 13.6. The summed E-state index contributed by atoms with van der Waals surface area (Å²) in [7, 11) is 0. The zero-order chi connectivity index (χ0) is 24.3. The molecule has 34 heavy (non-hydrogen) atoms. The van der Waals surface area contributed by atoms with Gasteiger partial charge >= 0.3 is 0 Å². The van der Waals surface area contributed by atoms with E-state index in [2.05, 4.69) is 12.1 Å². The van der Waals surface area contributed by atoms with Crippen LogP contribution in [0.25, 0.3) is 0 Å². The molecule has 2 aromatic carbocycles. The van der Waals surface area contributed by atoms with Crippen LogP contribution in [-0.2, 0) is 16.6 Å². The monoisotopic (exact) mass is 510 g/mol. The number of aliphatic hydroxyl groups excluding tert-OH is 3. The van der Waals surface area contributed by atoms with Gasteiger partial charge < -0.3 is 20.1 Å². The lowest BCUT2D eigenvalue weighted by molar-refractivity contribution is -0.200. The van der Waals surface area contributed by atoms with Crippen LogP contribution in [0.4, 0.5) is 8.78 Å². The van der Waals surface area contributed by atoms with Crippen molar-refractivity contribution in [2.45, 2.75) is 73.3 Å². The van der Waals surface area contributed by atoms with E-state index in [4.69, 9.17) is 16.3 Å². The van der Waals surface area contributed by atoms with E-state index in [-0.39, 0.29) is 24.2 Å². The van der Waals surface area contributed by atoms with Crippen LogP contribution in [0.2, 0.25) is 5.02 Å². The van der Waals surface area contributed by atoms with Crippen molar-refractivity contribution in [2.75, 3.05) is 6.26 Å². The maximum absolute atomic E-state index is 13.7. The van der Waals surface area contributed by atoms with Crippen molar-refractivity contribution in [1.82, 2.24) is 0 Å². The molecular formula is C26H29ClF2O4S. The summed E-state index contributed by atoms with van der Waals surface area (Å²) in [5, 5.41) is 31.5. The number of hydrogen-bond acceptors (Lipinski definition) is 5. The fourth-order valence-electron chi connectivity index (χ4n) is 5.72. The molecular weight excluding hydrogens is 482 g/mol. The number of hydrogen-bond donors (Lipinski definition) is 3. The van der Waals surface area contributed by atoms with E-state index >= 15 is 0 Å². The first-order chi connectivity index (χ1) is 16.1. The number of rotatable bonds is 5. The molecule has 2 aromatic rings. The molecule has 5 rings (SSSR count). The minimum Gasteiger partial charge on any atom is -0.387 e. The highest BCUT2D eigenvalue weighted by molar-refractivity contribution is 7.99. The van der Waals surface area contributed by atoms with Gasteiger partial charge in [0.2, 0.25) is 5.92 Å². The Hall–Kier alpha value is -1.22. The molecule has 1 aliphatic heterocycles. The first-order valence-corrected chi connectivity index (χ1v) is 13.3. The van der Waals surface area contributed by atoms with Crippen LogP contribution in [0.15, 0.2) is 42.5 Å². The Morgan fingerprint density at radius 2 is 1.74 bits per heavy atom. The lowest BCUT2D eigenvalue weighted by Crippen LogP contribution is -2.52. The van der Waals surface area contributed by atoms with Gasteiger partial charge in [-0.3, -0.25) is 0 Å². The van der Waals surface area contributed by atoms with Crippen LogP contribution >= 0.6 is 23.4 Å². The number of alkyl halides is 2. The molecule has 2 unspecified atom stereocenters. The third-order valence-electron chi connectivity index (χ3n) is 7.84. The summed E-state index contributed by atoms with van der Waals surface area (Å²) in [5.41, 5.74) is 2.98. The Kier molecular flexibility index (Phi) is 6.49. The zero-order valence-corrected chi connectivity index (χ0v) is 20.4. The molecule has 8 heteroatoms. The average molecular weight is 511 g/mol. The quantitative estimate of drug-likeness (QED) is 0.536. The summed E-state index contributed by atoms with van der Waals surface area (Å²) in [6.45, 7) is 0. The third kappa shape index (κ3) is 4.40. The van der Waals surface area contributed by atoms with E-state index in [1.54, 1.807) is 18.4 Å². The molecule has 3 fully saturated rings. The Balaban J connectivity index is 1.32. The number of thioether (sulfide) groups is 1. The highest BCUT2D eigenvalue weighted by Gasteiger charge is 2.61. The predicted octanol–water partition coefficient (Wildman–Crippen LogP) is 4.85. The first-order valence-electron chi connectivity index (χ1n) is 11.6. The molecule has 3 N–H and O–H groups in total. The number of halogens is 3. The molecule has 2 aliphatic carbocycles. The summed E-state index contributed by atoms with van der Waals surface area (Å²) < 4.78 is 33.3. The molecule has 184 valence electrons. The second-order valence-electron chi connectivity index (χ2n) is 9.97. The molecule has 1 heterocycles. The van der Waals surface area contributed by atoms with Gasteiger partial charge in [-0.1, -0.05) is 48.0 Å². The Labute approximate surface area is 207 Å². The summed E-state index contributed by atoms with van der Waals surface area (Å²) in [5.74, 6) is -2.44. The predicted molar refractivity (Wildman–Crippen MR) is 128 cm³/mol. The van der Waals surface area contributed by atoms with Crippen molar-refractivity contribution in [1.29, 1.82) is 0 Å². The van der Waals surface area contributed by atoms with Gasteiger partial charge in [-0.15, -0.1) is 11.8 Å². The van der Waals surface area contributed by atoms with Crippen LogP contribution in [0.5, 0.6) is 0 Å². The highest BCUT2D eigenvalue weighted by atomic mass is 35.5. The molecule has 1 saturated heterocycles. The maximum atomic E-state index is 13.7. The lowest BCUT2D eigenvalue weighted by Gasteiger charge is -2.40. The van der Waals surface area contributed by atoms with Crippen LogP contribution in [0.1, 0.15) is 54.0 Å². The van der Waals surface area contributed by atoms with E-state index in [1.165, 1.54) is 11.8 Å². The zero-order valence-electron chi connectivity index (χ0n) is 18.8. The van der Waals surface area contributed by atoms with Crippen molar-refractivity contribution < 1.29 is 28.8 Å². The van der Waals surface area contributed by atoms with Crippen LogP contribution < -0.4 is 0 Å². The van der Waals surface area contributed by atoms with E-state index < -0.39 is 35.8 Å². The van der Waals surface area contributed by atoms with Crippen molar-refractivity contribution >= 4 is 23.4 Å². The van der Waals surface area contributed by atoms with E-state index in [1.807, 2.05) is 18.2 Å². The SMILES string of the molecule is CS[C@H]1O[C@@H](c2ccc(Cl)c(Cc3ccc(C45CCC(F)(F)CC4C5)cc3)c2)[C@H](O)[C@@H](O)[C@@H]1O. The van der Waals surface area contributed by atoms with Gasteiger partial charge in [0.25, 0.3) is 0 Å². The molecule has 7 atom stereocenters. The normalized spacial score (nSPS) is 36.7. The summed E-state index contributed by atoms with van der Waals surface area (Å²) >= 11 is 7.74. The van der Waals surface area contributed by atoms with E-state index in [9.17, 15) is 24.1 Å². The molecule has 0 bridgehead atoms. The molecule has 0 radical (unpaired) electrons. The van der Waals surface area contributed by atoms with Crippen LogP contribution in [0.3, 0.4) is 0 Å². The number of benzene rings is 2. The molecule has 0 amide bonds. The molecule has 3 aliphatic rings. The maximum Gasteiger partial charge on any atom is 0.248 e. The fraction of sp³-hybridized carbons (Fsp3) is 0.538. The topological polar surface area (TPSA) is 69.9 Å². The van der Waals surface area contributed by atoms with Crippen LogP contribution in [0, 0.1) is 5.92 Å². The Morgan fingerprint density at radius 3 is 2.41 bits per heavy atom. The van der Waals surface area contributed by atoms with Gasteiger partial charge in [0.05, 0.1) is 0 Å². The molecule has 2 saturated carbocycles. The minimum absolute atomic E-state index is 0.00460. The van der Waals surface area contributed by atoms with E-state index in [0.717, 1.165) is 23.1 Å². The number of aliphatic hydroxyl groups is 3. The number of fused-ring (bicyclic) bond motifs is 1. The van der Waals surface area contributed by atoms with Gasteiger partial charge in [0.1, 0.15) is 29.9 Å². The van der Waals surface area contributed by atoms with Crippen molar-refractivity contribution in [3.8, 4) is 0 Å². The average Bonchev–Trinajstić information content (AvgIpc) is 3.53. The Bertz CT molecular complexity index is 1050. The van der Waals surface area contributed by atoms with Crippen molar-refractivity contribution in [2.24, 2.45) is 5.92 Å². The number of ether oxygens (including phenoxy) is 1. The third-order valence-corrected chi connectivity index (χ3v) is 9.06. The second kappa shape index (κ2) is 9.02. The highest BCUT2D eigenvalue weighted by Crippen LogP contribution is 2.65. The van der Waals surface area contributed by atoms with Gasteiger partial charge in [-0.2, -0.15) is 0 Å². The van der Waals surface area contributed by atoms with Gasteiger partial charge in [-0.25, -0.2) is 8.78 Å². The summed E-state index contributed by atoms with van der Waals surface area (Å²) in [4.78, 5) is 0. The van der Waals surface area contributed by atoms with Gasteiger partial charge in [0, 0.05) is 17.9 Å². The lowest BCUT2D eigenvalue weighted by atomic mass is 9.81. The summed E-state index contributed by atoms with van der Waals surface area (Å²) in [6.07, 6.45) is -0.862. The molecule has 4 nitrogen and oxygen atoms in total. The van der Waals surface area contributed by atoms with Gasteiger partial charge in [0.15, 0.2) is 0 Å². The molecule has 0 spiro atoms. The fourth-order valence-corrected chi connectivity index (χ4v) is 6.58.